The number of piperazine rings is 1. The van der Waals surface area contributed by atoms with Crippen LogP contribution in [0.4, 0.5) is 0 Å². The Morgan fingerprint density at radius 3 is 2.33 bits per heavy atom. The summed E-state index contributed by atoms with van der Waals surface area (Å²) in [6.07, 6.45) is 5.67. The summed E-state index contributed by atoms with van der Waals surface area (Å²) in [4.78, 5) is 2.87. The first-order valence-electron chi connectivity index (χ1n) is 9.31. The molecule has 5 heteroatoms. The van der Waals surface area contributed by atoms with E-state index in [2.05, 4.69) is 18.7 Å². The Labute approximate surface area is 146 Å². The van der Waals surface area contributed by atoms with Gasteiger partial charge < -0.3 is 4.90 Å². The summed E-state index contributed by atoms with van der Waals surface area (Å²) in [7, 11) is -3.34. The van der Waals surface area contributed by atoms with Gasteiger partial charge in [-0.15, -0.1) is 0 Å². The molecule has 0 aromatic heterocycles. The summed E-state index contributed by atoms with van der Waals surface area (Å²) in [6.45, 7) is 8.45. The average Bonchev–Trinajstić information content (AvgIpc) is 2.60. The molecular formula is C19H30N2O2S. The van der Waals surface area contributed by atoms with E-state index in [1.807, 2.05) is 18.2 Å². The molecule has 1 aromatic carbocycles. The van der Waals surface area contributed by atoms with Crippen LogP contribution >= 0.6 is 0 Å². The van der Waals surface area contributed by atoms with Gasteiger partial charge in [-0.2, -0.15) is 4.31 Å². The highest BCUT2D eigenvalue weighted by molar-refractivity contribution is 7.89. The van der Waals surface area contributed by atoms with E-state index >= 15 is 0 Å². The van der Waals surface area contributed by atoms with Gasteiger partial charge in [0.15, 0.2) is 0 Å². The van der Waals surface area contributed by atoms with Crippen LogP contribution in [0, 0.1) is 5.92 Å². The van der Waals surface area contributed by atoms with Crippen molar-refractivity contribution in [1.82, 2.24) is 9.21 Å². The molecule has 1 aromatic rings. The lowest BCUT2D eigenvalue weighted by Gasteiger charge is -2.34. The normalized spacial score (nSPS) is 20.3. The third kappa shape index (κ3) is 4.01. The van der Waals surface area contributed by atoms with Gasteiger partial charge in [-0.25, -0.2) is 8.42 Å². The second kappa shape index (κ2) is 7.54. The minimum atomic E-state index is -3.34. The fourth-order valence-electron chi connectivity index (χ4n) is 3.65. The Morgan fingerprint density at radius 1 is 1.00 bits per heavy atom. The fourth-order valence-corrected chi connectivity index (χ4v) is 5.13. The topological polar surface area (TPSA) is 40.6 Å². The van der Waals surface area contributed by atoms with E-state index in [0.29, 0.717) is 23.9 Å². The van der Waals surface area contributed by atoms with E-state index in [1.165, 1.54) is 30.4 Å². The molecule has 0 N–H and O–H groups in total. The second-order valence-electron chi connectivity index (χ2n) is 7.57. The molecule has 2 aliphatic rings. The maximum absolute atomic E-state index is 13.0. The summed E-state index contributed by atoms with van der Waals surface area (Å²) in [5, 5.41) is 0. The lowest BCUT2D eigenvalue weighted by atomic mass is 9.92. The molecule has 1 aliphatic heterocycles. The largest absolute Gasteiger partial charge is 0.301 e. The van der Waals surface area contributed by atoms with E-state index in [4.69, 9.17) is 0 Å². The number of rotatable bonds is 5. The molecule has 0 spiro atoms. The van der Waals surface area contributed by atoms with Gasteiger partial charge in [-0.1, -0.05) is 19.9 Å². The van der Waals surface area contributed by atoms with Gasteiger partial charge in [-0.05, 0) is 67.8 Å². The smallest absolute Gasteiger partial charge is 0.243 e. The molecule has 1 fully saturated rings. The molecule has 4 nitrogen and oxygen atoms in total. The van der Waals surface area contributed by atoms with Crippen molar-refractivity contribution < 1.29 is 8.42 Å². The summed E-state index contributed by atoms with van der Waals surface area (Å²) in [6, 6.07) is 5.76. The zero-order valence-corrected chi connectivity index (χ0v) is 15.8. The average molecular weight is 351 g/mol. The zero-order valence-electron chi connectivity index (χ0n) is 15.0. The Morgan fingerprint density at radius 2 is 1.67 bits per heavy atom. The van der Waals surface area contributed by atoms with Crippen LogP contribution < -0.4 is 0 Å². The van der Waals surface area contributed by atoms with Crippen molar-refractivity contribution in [2.45, 2.75) is 50.8 Å². The maximum Gasteiger partial charge on any atom is 0.243 e. The van der Waals surface area contributed by atoms with E-state index in [1.54, 1.807) is 4.31 Å². The molecular weight excluding hydrogens is 320 g/mol. The quantitative estimate of drug-likeness (QED) is 0.820. The van der Waals surface area contributed by atoms with Crippen LogP contribution in [0.3, 0.4) is 0 Å². The van der Waals surface area contributed by atoms with E-state index in [0.717, 1.165) is 32.5 Å². The molecule has 3 rings (SSSR count). The van der Waals surface area contributed by atoms with Gasteiger partial charge in [-0.3, -0.25) is 0 Å². The van der Waals surface area contributed by atoms with E-state index in [-0.39, 0.29) is 0 Å². The second-order valence-corrected chi connectivity index (χ2v) is 9.50. The first-order valence-corrected chi connectivity index (χ1v) is 10.7. The van der Waals surface area contributed by atoms with E-state index in [9.17, 15) is 8.42 Å². The highest BCUT2D eigenvalue weighted by Gasteiger charge is 2.29. The number of hydrogen-bond donors (Lipinski definition) is 0. The molecule has 134 valence electrons. The minimum absolute atomic E-state index is 0.485. The van der Waals surface area contributed by atoms with Crippen LogP contribution in [0.2, 0.25) is 0 Å². The Bertz CT molecular complexity index is 662. The highest BCUT2D eigenvalue weighted by atomic mass is 32.2. The predicted octanol–water partition coefficient (Wildman–Crippen LogP) is 2.92. The number of nitrogens with zero attached hydrogens (tertiary/aromatic N) is 2. The zero-order chi connectivity index (χ0) is 17.2. The molecule has 0 unspecified atom stereocenters. The SMILES string of the molecule is CC(C)CCN1CCN(S(=O)(=O)c2ccc3c(c2)CCCC3)CC1. The third-order valence-electron chi connectivity index (χ3n) is 5.31. The van der Waals surface area contributed by atoms with Gasteiger partial charge in [0.25, 0.3) is 0 Å². The number of fused-ring (bicyclic) bond motifs is 1. The lowest BCUT2D eigenvalue weighted by molar-refractivity contribution is 0.180. The first kappa shape index (κ1) is 17.9. The van der Waals surface area contributed by atoms with Crippen molar-refractivity contribution in [1.29, 1.82) is 0 Å². The molecule has 24 heavy (non-hydrogen) atoms. The van der Waals surface area contributed by atoms with Crippen molar-refractivity contribution in [3.8, 4) is 0 Å². The molecule has 0 radical (unpaired) electrons. The number of aryl methyl sites for hydroxylation is 2. The van der Waals surface area contributed by atoms with Gasteiger partial charge in [0.2, 0.25) is 10.0 Å². The van der Waals surface area contributed by atoms with Crippen molar-refractivity contribution in [2.24, 2.45) is 5.92 Å². The Kier molecular flexibility index (Phi) is 5.63. The molecule has 1 aliphatic carbocycles. The summed E-state index contributed by atoms with van der Waals surface area (Å²) < 4.78 is 27.6. The van der Waals surface area contributed by atoms with Gasteiger partial charge in [0.1, 0.15) is 0 Å². The molecule has 1 saturated heterocycles. The van der Waals surface area contributed by atoms with Crippen molar-refractivity contribution in [3.05, 3.63) is 29.3 Å². The first-order chi connectivity index (χ1) is 11.5. The highest BCUT2D eigenvalue weighted by Crippen LogP contribution is 2.26. The Hall–Kier alpha value is -0.910. The van der Waals surface area contributed by atoms with Crippen LogP contribution in [-0.4, -0.2) is 50.3 Å². The van der Waals surface area contributed by atoms with Crippen LogP contribution in [0.1, 0.15) is 44.2 Å². The lowest BCUT2D eigenvalue weighted by Crippen LogP contribution is -2.48. The number of benzene rings is 1. The number of sulfonamides is 1. The van der Waals surface area contributed by atoms with Crippen molar-refractivity contribution in [2.75, 3.05) is 32.7 Å². The van der Waals surface area contributed by atoms with Gasteiger partial charge in [0.05, 0.1) is 4.90 Å². The van der Waals surface area contributed by atoms with Crippen molar-refractivity contribution in [3.63, 3.8) is 0 Å². The molecule has 0 bridgehead atoms. The van der Waals surface area contributed by atoms with Crippen molar-refractivity contribution >= 4 is 10.0 Å². The maximum atomic E-state index is 13.0. The van der Waals surface area contributed by atoms with Crippen LogP contribution in [-0.2, 0) is 22.9 Å². The third-order valence-corrected chi connectivity index (χ3v) is 7.21. The molecule has 0 amide bonds. The predicted molar refractivity (Wildman–Crippen MR) is 97.7 cm³/mol. The Balaban J connectivity index is 1.66. The van der Waals surface area contributed by atoms with Gasteiger partial charge >= 0.3 is 0 Å². The standard InChI is InChI=1S/C19H30N2O2S/c1-16(2)9-10-20-11-13-21(14-12-20)24(22,23)19-8-7-17-5-3-4-6-18(17)15-19/h7-8,15-16H,3-6,9-14H2,1-2H3. The molecule has 0 saturated carbocycles. The summed E-state index contributed by atoms with van der Waals surface area (Å²) >= 11 is 0. The number of hydrogen-bond acceptors (Lipinski definition) is 3. The summed E-state index contributed by atoms with van der Waals surface area (Å²) in [5.74, 6) is 0.697. The van der Waals surface area contributed by atoms with Crippen LogP contribution in [0.15, 0.2) is 23.1 Å². The summed E-state index contributed by atoms with van der Waals surface area (Å²) in [5.41, 5.74) is 2.57. The minimum Gasteiger partial charge on any atom is -0.301 e. The molecule has 0 atom stereocenters. The fraction of sp³-hybridized carbons (Fsp3) is 0.684. The monoisotopic (exact) mass is 350 g/mol. The van der Waals surface area contributed by atoms with Crippen LogP contribution in [0.25, 0.3) is 0 Å². The van der Waals surface area contributed by atoms with Crippen LogP contribution in [0.5, 0.6) is 0 Å². The van der Waals surface area contributed by atoms with E-state index < -0.39 is 10.0 Å². The molecule has 1 heterocycles. The van der Waals surface area contributed by atoms with Gasteiger partial charge in [0, 0.05) is 26.2 Å².